The molecular weight excluding hydrogens is 391 g/mol. The van der Waals surface area contributed by atoms with Crippen molar-refractivity contribution in [3.63, 3.8) is 0 Å². The van der Waals surface area contributed by atoms with Gasteiger partial charge < -0.3 is 4.74 Å². The molecule has 3 aromatic rings. The zero-order valence-corrected chi connectivity index (χ0v) is 17.3. The molecule has 0 aliphatic carbocycles. The molecule has 150 valence electrons. The van der Waals surface area contributed by atoms with E-state index >= 15 is 0 Å². The fourth-order valence-corrected chi connectivity index (χ4v) is 3.63. The maximum atomic E-state index is 13.6. The van der Waals surface area contributed by atoms with Crippen LogP contribution in [-0.4, -0.2) is 16.9 Å². The Kier molecular flexibility index (Phi) is 6.39. The van der Waals surface area contributed by atoms with Crippen LogP contribution in [0.15, 0.2) is 47.8 Å². The van der Waals surface area contributed by atoms with E-state index in [9.17, 15) is 14.0 Å². The van der Waals surface area contributed by atoms with Crippen LogP contribution in [0.5, 0.6) is 0 Å². The molecule has 0 bridgehead atoms. The number of nitrogens with zero attached hydrogens (tertiary/aromatic N) is 2. The second-order valence-corrected chi connectivity index (χ2v) is 7.51. The summed E-state index contributed by atoms with van der Waals surface area (Å²) in [5, 5.41) is 2.24. The zero-order chi connectivity index (χ0) is 21.0. The molecule has 0 aliphatic rings. The number of halogens is 1. The number of anilines is 2. The van der Waals surface area contributed by atoms with E-state index in [1.54, 1.807) is 23.6 Å². The number of aromatic nitrogens is 1. The van der Waals surface area contributed by atoms with Gasteiger partial charge in [-0.3, -0.25) is 14.5 Å². The van der Waals surface area contributed by atoms with Gasteiger partial charge in [0, 0.05) is 12.3 Å². The maximum Gasteiger partial charge on any atom is 0.310 e. The number of carbonyl (C=O) groups is 2. The minimum absolute atomic E-state index is 0.0392. The molecule has 1 amide bonds. The van der Waals surface area contributed by atoms with Crippen molar-refractivity contribution in [2.45, 2.75) is 33.8 Å². The number of hydrogen-bond acceptors (Lipinski definition) is 5. The van der Waals surface area contributed by atoms with Crippen LogP contribution in [0.3, 0.4) is 0 Å². The van der Waals surface area contributed by atoms with E-state index in [0.717, 1.165) is 16.8 Å². The third-order valence-corrected chi connectivity index (χ3v) is 5.34. The number of esters is 1. The molecule has 0 fully saturated rings. The van der Waals surface area contributed by atoms with Crippen molar-refractivity contribution in [1.82, 2.24) is 4.98 Å². The molecule has 0 saturated heterocycles. The second kappa shape index (κ2) is 8.96. The fraction of sp³-hybridized carbons (Fsp3) is 0.227. The number of rotatable bonds is 6. The number of ether oxygens (including phenoxy) is 1. The Labute approximate surface area is 172 Å². The number of benzene rings is 2. The monoisotopic (exact) mass is 412 g/mol. The van der Waals surface area contributed by atoms with Crippen molar-refractivity contribution in [3.05, 3.63) is 76.0 Å². The molecule has 5 nitrogen and oxygen atoms in total. The van der Waals surface area contributed by atoms with Crippen LogP contribution in [0, 0.1) is 19.7 Å². The highest BCUT2D eigenvalue weighted by molar-refractivity contribution is 7.14. The first-order valence-corrected chi connectivity index (χ1v) is 9.94. The van der Waals surface area contributed by atoms with E-state index in [-0.39, 0.29) is 24.5 Å². The standard InChI is InChI=1S/C22H21FN2O3S/c1-14-8-9-19(10-15(14)2)25(16(3)26)22-24-18(13-29-22)12-28-21(27)11-17-6-4-5-7-20(17)23/h4-10,13H,11-12H2,1-3H3. The largest absolute Gasteiger partial charge is 0.459 e. The third-order valence-electron chi connectivity index (χ3n) is 4.47. The van der Waals surface area contributed by atoms with Crippen LogP contribution < -0.4 is 4.90 Å². The molecule has 7 heteroatoms. The van der Waals surface area contributed by atoms with E-state index in [0.29, 0.717) is 10.8 Å². The van der Waals surface area contributed by atoms with Crippen molar-refractivity contribution < 1.29 is 18.7 Å². The Morgan fingerprint density at radius 1 is 1.14 bits per heavy atom. The average molecular weight is 412 g/mol. The molecule has 3 rings (SSSR count). The first-order chi connectivity index (χ1) is 13.8. The van der Waals surface area contributed by atoms with E-state index in [2.05, 4.69) is 4.98 Å². The molecule has 1 aromatic heterocycles. The number of thiazole rings is 1. The predicted molar refractivity (Wildman–Crippen MR) is 111 cm³/mol. The minimum atomic E-state index is -0.540. The van der Waals surface area contributed by atoms with Crippen LogP contribution in [0.25, 0.3) is 0 Å². The highest BCUT2D eigenvalue weighted by atomic mass is 32.1. The first-order valence-electron chi connectivity index (χ1n) is 9.06. The number of amides is 1. The maximum absolute atomic E-state index is 13.6. The van der Waals surface area contributed by atoms with Crippen molar-refractivity contribution in [1.29, 1.82) is 0 Å². The van der Waals surface area contributed by atoms with Crippen LogP contribution >= 0.6 is 11.3 Å². The number of carbonyl (C=O) groups excluding carboxylic acids is 2. The first kappa shape index (κ1) is 20.7. The lowest BCUT2D eigenvalue weighted by molar-refractivity contribution is -0.144. The minimum Gasteiger partial charge on any atom is -0.459 e. The van der Waals surface area contributed by atoms with Gasteiger partial charge in [-0.05, 0) is 48.7 Å². The summed E-state index contributed by atoms with van der Waals surface area (Å²) in [6, 6.07) is 11.9. The van der Waals surface area contributed by atoms with Crippen molar-refractivity contribution in [2.24, 2.45) is 0 Å². The summed E-state index contributed by atoms with van der Waals surface area (Å²) in [4.78, 5) is 30.2. The van der Waals surface area contributed by atoms with E-state index in [4.69, 9.17) is 4.74 Å². The van der Waals surface area contributed by atoms with Crippen LogP contribution in [0.4, 0.5) is 15.2 Å². The highest BCUT2D eigenvalue weighted by Gasteiger charge is 2.19. The normalized spacial score (nSPS) is 10.6. The van der Waals surface area contributed by atoms with Crippen LogP contribution in [0.1, 0.15) is 29.3 Å². The smallest absolute Gasteiger partial charge is 0.310 e. The molecule has 0 saturated carbocycles. The topological polar surface area (TPSA) is 59.5 Å². The second-order valence-electron chi connectivity index (χ2n) is 6.67. The molecule has 0 N–H and O–H groups in total. The van der Waals surface area contributed by atoms with E-state index < -0.39 is 11.8 Å². The van der Waals surface area contributed by atoms with Crippen molar-refractivity contribution in [2.75, 3.05) is 4.90 Å². The van der Waals surface area contributed by atoms with Gasteiger partial charge in [0.25, 0.3) is 0 Å². The molecule has 0 spiro atoms. The van der Waals surface area contributed by atoms with Gasteiger partial charge in [-0.15, -0.1) is 11.3 Å². The van der Waals surface area contributed by atoms with E-state index in [1.165, 1.54) is 29.2 Å². The molecule has 0 radical (unpaired) electrons. The van der Waals surface area contributed by atoms with Crippen LogP contribution in [0.2, 0.25) is 0 Å². The number of aryl methyl sites for hydroxylation is 2. The number of hydrogen-bond donors (Lipinski definition) is 0. The lowest BCUT2D eigenvalue weighted by Crippen LogP contribution is -2.22. The Morgan fingerprint density at radius 2 is 1.90 bits per heavy atom. The molecule has 0 unspecified atom stereocenters. The Balaban J connectivity index is 1.68. The van der Waals surface area contributed by atoms with Gasteiger partial charge in [0.2, 0.25) is 5.91 Å². The molecule has 0 atom stereocenters. The summed E-state index contributed by atoms with van der Waals surface area (Å²) in [6.07, 6.45) is -0.147. The summed E-state index contributed by atoms with van der Waals surface area (Å²) >= 11 is 1.29. The van der Waals surface area contributed by atoms with Gasteiger partial charge in [-0.2, -0.15) is 0 Å². The van der Waals surface area contributed by atoms with Gasteiger partial charge in [-0.1, -0.05) is 24.3 Å². The third kappa shape index (κ3) is 5.06. The van der Waals surface area contributed by atoms with Gasteiger partial charge in [0.05, 0.1) is 17.8 Å². The molecule has 2 aromatic carbocycles. The Bertz CT molecular complexity index is 1050. The summed E-state index contributed by atoms with van der Waals surface area (Å²) < 4.78 is 18.9. The van der Waals surface area contributed by atoms with Crippen LogP contribution in [-0.2, 0) is 27.4 Å². The average Bonchev–Trinajstić information content (AvgIpc) is 3.13. The predicted octanol–water partition coefficient (Wildman–Crippen LogP) is 4.87. The van der Waals surface area contributed by atoms with Crippen molar-refractivity contribution >= 4 is 34.0 Å². The zero-order valence-electron chi connectivity index (χ0n) is 16.4. The van der Waals surface area contributed by atoms with Crippen molar-refractivity contribution in [3.8, 4) is 0 Å². The van der Waals surface area contributed by atoms with E-state index in [1.807, 2.05) is 32.0 Å². The lowest BCUT2D eigenvalue weighted by Gasteiger charge is -2.19. The summed E-state index contributed by atoms with van der Waals surface area (Å²) in [5.41, 5.74) is 3.76. The highest BCUT2D eigenvalue weighted by Crippen LogP contribution is 2.30. The summed E-state index contributed by atoms with van der Waals surface area (Å²) in [5.74, 6) is -1.14. The summed E-state index contributed by atoms with van der Waals surface area (Å²) in [7, 11) is 0. The lowest BCUT2D eigenvalue weighted by atomic mass is 10.1. The quantitative estimate of drug-likeness (QED) is 0.542. The fourth-order valence-electron chi connectivity index (χ4n) is 2.76. The molecule has 1 heterocycles. The Morgan fingerprint density at radius 3 is 2.59 bits per heavy atom. The van der Waals surface area contributed by atoms with Gasteiger partial charge in [0.15, 0.2) is 5.13 Å². The van der Waals surface area contributed by atoms with Gasteiger partial charge in [-0.25, -0.2) is 9.37 Å². The SMILES string of the molecule is CC(=O)N(c1ccc(C)c(C)c1)c1nc(COC(=O)Cc2ccccc2F)cs1. The van der Waals surface area contributed by atoms with Gasteiger partial charge in [0.1, 0.15) is 12.4 Å². The Hall–Kier alpha value is -3.06. The molecule has 29 heavy (non-hydrogen) atoms. The van der Waals surface area contributed by atoms with Gasteiger partial charge >= 0.3 is 5.97 Å². The molecule has 0 aliphatic heterocycles. The summed E-state index contributed by atoms with van der Waals surface area (Å²) in [6.45, 7) is 5.43. The molecular formula is C22H21FN2O3S.